The average Bonchev–Trinajstić information content (AvgIpc) is 3.36. The lowest BCUT2D eigenvalue weighted by atomic mass is 9.89. The molecule has 0 fully saturated rings. The molecule has 14 nitrogen and oxygen atoms in total. The normalized spacial score (nSPS) is 11.6. The quantitative estimate of drug-likeness (QED) is 0.0178. The van der Waals surface area contributed by atoms with Crippen LogP contribution in [0.5, 0.6) is 0 Å². The predicted octanol–water partition coefficient (Wildman–Crippen LogP) is 8.79. The summed E-state index contributed by atoms with van der Waals surface area (Å²) >= 11 is 0. The topological polar surface area (TPSA) is 193 Å². The second-order valence-corrected chi connectivity index (χ2v) is 18.1. The molecule has 4 amide bonds. The van der Waals surface area contributed by atoms with Gasteiger partial charge in [0.1, 0.15) is 30.4 Å². The number of carboxylic acid groups (broad SMARTS) is 1. The van der Waals surface area contributed by atoms with Gasteiger partial charge in [0.05, 0.1) is 12.1 Å². The van der Waals surface area contributed by atoms with Gasteiger partial charge in [-0.3, -0.25) is 19.2 Å². The molecule has 17 heteroatoms. The number of unbranched alkanes of at least 4 members (excludes halogenated alkanes) is 9. The number of rotatable bonds is 29. The summed E-state index contributed by atoms with van der Waals surface area (Å²) in [6, 6.07) is 17.4. The van der Waals surface area contributed by atoms with Crippen molar-refractivity contribution in [2.45, 2.75) is 144 Å². The first-order chi connectivity index (χ1) is 34.8. The minimum atomic E-state index is -5.19. The summed E-state index contributed by atoms with van der Waals surface area (Å²) in [5.41, 5.74) is 12.3. The van der Waals surface area contributed by atoms with Crippen LogP contribution in [0.2, 0.25) is 0 Å². The number of nitrogens with zero attached hydrogens (tertiary/aromatic N) is 3. The minimum absolute atomic E-state index is 0.0638. The van der Waals surface area contributed by atoms with E-state index in [1.165, 1.54) is 25.7 Å². The van der Waals surface area contributed by atoms with Gasteiger partial charge in [-0.25, -0.2) is 4.58 Å². The molecular weight excluding hydrogens is 940 g/mol. The molecule has 1 heterocycles. The van der Waals surface area contributed by atoms with Gasteiger partial charge in [0.15, 0.2) is 0 Å². The van der Waals surface area contributed by atoms with Gasteiger partial charge >= 0.3 is 6.18 Å². The van der Waals surface area contributed by atoms with E-state index in [4.69, 9.17) is 20.1 Å². The van der Waals surface area contributed by atoms with E-state index in [0.29, 0.717) is 62.3 Å². The van der Waals surface area contributed by atoms with Gasteiger partial charge in [-0.05, 0) is 116 Å². The van der Waals surface area contributed by atoms with Crippen molar-refractivity contribution in [1.29, 1.82) is 0 Å². The molecule has 4 rings (SSSR count). The molecule has 1 aliphatic heterocycles. The third-order valence-corrected chi connectivity index (χ3v) is 12.9. The van der Waals surface area contributed by atoms with Crippen molar-refractivity contribution in [2.75, 3.05) is 62.6 Å². The molecule has 402 valence electrons. The zero-order valence-corrected chi connectivity index (χ0v) is 44.2. The highest BCUT2D eigenvalue weighted by atomic mass is 19.4. The summed E-state index contributed by atoms with van der Waals surface area (Å²) in [6.45, 7) is 23.6. The second-order valence-electron chi connectivity index (χ2n) is 18.1. The first kappa shape index (κ1) is 61.1. The number of amides is 4. The molecule has 1 atom stereocenters. The van der Waals surface area contributed by atoms with Crippen molar-refractivity contribution in [3.63, 3.8) is 0 Å². The van der Waals surface area contributed by atoms with Crippen molar-refractivity contribution in [2.24, 2.45) is 5.73 Å². The number of benzene rings is 3. The zero-order chi connectivity index (χ0) is 54.1. The third kappa shape index (κ3) is 19.3. The molecular formula is C56H80F3N7O7. The summed E-state index contributed by atoms with van der Waals surface area (Å²) in [5.74, 6) is -2.72. The Balaban J connectivity index is 0.00000187. The Labute approximate surface area is 430 Å². The Morgan fingerprint density at radius 3 is 1.89 bits per heavy atom. The molecule has 0 saturated heterocycles. The molecule has 1 aliphatic carbocycles. The highest BCUT2D eigenvalue weighted by Crippen LogP contribution is 2.43. The number of carbonyl (C=O) groups is 5. The van der Waals surface area contributed by atoms with Gasteiger partial charge in [-0.15, -0.1) is 0 Å². The Bertz CT molecular complexity index is 2470. The summed E-state index contributed by atoms with van der Waals surface area (Å²) in [4.78, 5) is 64.7. The number of carboxylic acids is 1. The number of carbonyl (C=O) groups excluding carboxylic acids is 5. The molecule has 5 N–H and O–H groups in total. The van der Waals surface area contributed by atoms with Gasteiger partial charge in [0.25, 0.3) is 5.91 Å². The SMILES string of the molecule is C=C(C)C(=O)NCCCCCCCCCCCC(=O)NCCCC[C@H](N)C(=O)Nc1ccc(-c2c3ccc(=[N+](CC)CC)cc-3oc3cc(N(CC)CC)ccc23)c(C(=O)N(CC)CC)c1.O=C([O-])C(F)(F)F. The van der Waals surface area contributed by atoms with Crippen LogP contribution in [0.15, 0.2) is 71.2 Å². The molecule has 0 saturated carbocycles. The van der Waals surface area contributed by atoms with Crippen LogP contribution in [0.3, 0.4) is 0 Å². The Morgan fingerprint density at radius 1 is 0.740 bits per heavy atom. The van der Waals surface area contributed by atoms with Crippen LogP contribution in [0.4, 0.5) is 24.5 Å². The Morgan fingerprint density at radius 2 is 1.32 bits per heavy atom. The van der Waals surface area contributed by atoms with E-state index in [-0.39, 0.29) is 23.6 Å². The van der Waals surface area contributed by atoms with Crippen LogP contribution in [-0.2, 0) is 19.2 Å². The number of hydrogen-bond acceptors (Lipinski definition) is 9. The van der Waals surface area contributed by atoms with Crippen LogP contribution in [0.1, 0.15) is 142 Å². The summed E-state index contributed by atoms with van der Waals surface area (Å²) in [7, 11) is 0. The number of nitrogens with one attached hydrogen (secondary N) is 3. The molecule has 0 bridgehead atoms. The largest absolute Gasteiger partial charge is 0.542 e. The molecule has 0 unspecified atom stereocenters. The fourth-order valence-electron chi connectivity index (χ4n) is 8.60. The van der Waals surface area contributed by atoms with Gasteiger partial charge in [0, 0.05) is 96.8 Å². The van der Waals surface area contributed by atoms with Gasteiger partial charge in [-0.2, -0.15) is 13.2 Å². The van der Waals surface area contributed by atoms with Crippen molar-refractivity contribution >= 4 is 51.9 Å². The third-order valence-electron chi connectivity index (χ3n) is 12.9. The first-order valence-corrected chi connectivity index (χ1v) is 26.2. The minimum Gasteiger partial charge on any atom is -0.542 e. The van der Waals surface area contributed by atoms with E-state index in [0.717, 1.165) is 109 Å². The number of aliphatic carboxylic acids is 1. The fourth-order valence-corrected chi connectivity index (χ4v) is 8.60. The van der Waals surface area contributed by atoms with Crippen molar-refractivity contribution < 1.29 is 46.7 Å². The van der Waals surface area contributed by atoms with Gasteiger partial charge in [-0.1, -0.05) is 57.6 Å². The van der Waals surface area contributed by atoms with E-state index in [1.54, 1.807) is 17.9 Å². The highest BCUT2D eigenvalue weighted by molar-refractivity contribution is 6.10. The number of anilines is 2. The molecule has 2 aliphatic rings. The smallest absolute Gasteiger partial charge is 0.430 e. The maximum Gasteiger partial charge on any atom is 0.430 e. The number of halogens is 3. The van der Waals surface area contributed by atoms with E-state index in [9.17, 15) is 32.3 Å². The van der Waals surface area contributed by atoms with Crippen LogP contribution in [0, 0.1) is 0 Å². The lowest BCUT2D eigenvalue weighted by molar-refractivity contribution is -0.344. The molecule has 0 spiro atoms. The average molecular weight is 1020 g/mol. The van der Waals surface area contributed by atoms with Crippen molar-refractivity contribution in [3.05, 3.63) is 77.7 Å². The summed E-state index contributed by atoms with van der Waals surface area (Å²) in [5, 5.41) is 19.6. The Kier molecular flexibility index (Phi) is 26.3. The molecule has 2 aromatic carbocycles. The maximum atomic E-state index is 14.4. The lowest BCUT2D eigenvalue weighted by Crippen LogP contribution is -2.37. The lowest BCUT2D eigenvalue weighted by Gasteiger charge is -2.24. The summed E-state index contributed by atoms with van der Waals surface area (Å²) in [6.07, 6.45) is 7.14. The van der Waals surface area contributed by atoms with E-state index in [2.05, 4.69) is 96.1 Å². The van der Waals surface area contributed by atoms with Crippen molar-refractivity contribution in [1.82, 2.24) is 20.1 Å². The Hall–Kier alpha value is -6.23. The van der Waals surface area contributed by atoms with Crippen LogP contribution in [0.25, 0.3) is 33.4 Å². The van der Waals surface area contributed by atoms with Gasteiger partial charge < -0.3 is 45.8 Å². The number of nitrogens with two attached hydrogens (primary N) is 1. The zero-order valence-electron chi connectivity index (χ0n) is 44.2. The molecule has 0 aromatic heterocycles. The monoisotopic (exact) mass is 1020 g/mol. The van der Waals surface area contributed by atoms with Crippen LogP contribution in [-0.4, -0.2) is 99.1 Å². The number of fused-ring (bicyclic) bond motifs is 2. The number of hydrogen-bond donors (Lipinski definition) is 4. The fraction of sp³-hybridized carbons (Fsp3) is 0.536. The highest BCUT2D eigenvalue weighted by Gasteiger charge is 2.29. The standard InChI is InChI=1S/C54H79N7O5.C2HF3O2/c1-9-59(10-2)41-29-32-44-48(37-41)66-49-38-42(60(11-3)12-4)30-33-45(49)51(44)43-31-28-40(36-46(43)54(65)61(13-5)14-6)58-53(64)47(55)26-23-25-34-56-50(62)27-22-20-18-16-15-17-19-21-24-35-57-52(63)39(7)8;3-2(4,5)1(6)7/h28-33,36-38,47H,7,9-27,34-35,55H2,1-6,8H3,(H2,56,57,62,63);(H,6,7)/t47-;/m0./s1. The molecule has 73 heavy (non-hydrogen) atoms. The molecule has 2 aromatic rings. The van der Waals surface area contributed by atoms with E-state index < -0.39 is 18.2 Å². The van der Waals surface area contributed by atoms with E-state index in [1.807, 2.05) is 26.0 Å². The van der Waals surface area contributed by atoms with Crippen LogP contribution < -0.4 is 41.6 Å². The maximum absolute atomic E-state index is 14.4. The van der Waals surface area contributed by atoms with Gasteiger partial charge in [0.2, 0.25) is 23.1 Å². The first-order valence-electron chi connectivity index (χ1n) is 26.2. The second kappa shape index (κ2) is 31.4. The van der Waals surface area contributed by atoms with Crippen LogP contribution >= 0.6 is 0 Å². The van der Waals surface area contributed by atoms with E-state index >= 15 is 0 Å². The summed E-state index contributed by atoms with van der Waals surface area (Å²) < 4.78 is 40.6. The molecule has 0 radical (unpaired) electrons. The predicted molar refractivity (Wildman–Crippen MR) is 284 cm³/mol. The van der Waals surface area contributed by atoms with Crippen molar-refractivity contribution in [3.8, 4) is 22.5 Å². The number of alkyl halides is 3.